The molecule has 2 rings (SSSR count). The number of unbranched alkanes of at least 4 members (excludes halogenated alkanes) is 1. The van der Waals surface area contributed by atoms with Gasteiger partial charge in [-0.25, -0.2) is 8.78 Å². The third-order valence-corrected chi connectivity index (χ3v) is 4.92. The molecule has 0 aliphatic heterocycles. The molecule has 0 heterocycles. The highest BCUT2D eigenvalue weighted by Gasteiger charge is 2.34. The van der Waals surface area contributed by atoms with Crippen LogP contribution in [0.4, 0.5) is 22.0 Å². The highest BCUT2D eigenvalue weighted by Crippen LogP contribution is 2.39. The predicted octanol–water partition coefficient (Wildman–Crippen LogP) is 7.27. The van der Waals surface area contributed by atoms with Crippen LogP contribution in [-0.2, 0) is 0 Å². The van der Waals surface area contributed by atoms with Gasteiger partial charge in [0.05, 0.1) is 0 Å². The van der Waals surface area contributed by atoms with Crippen LogP contribution in [0.3, 0.4) is 0 Å². The first-order valence-corrected chi connectivity index (χ1v) is 9.19. The van der Waals surface area contributed by atoms with Gasteiger partial charge in [0.15, 0.2) is 11.6 Å². The number of halogens is 5. The molecule has 1 saturated carbocycles. The molecular formula is C20H25F5O. The van der Waals surface area contributed by atoms with Gasteiger partial charge < -0.3 is 4.74 Å². The van der Waals surface area contributed by atoms with Gasteiger partial charge in [-0.3, -0.25) is 0 Å². The molecule has 6 heteroatoms. The summed E-state index contributed by atoms with van der Waals surface area (Å²) in [6.45, 7) is 2.14. The van der Waals surface area contributed by atoms with E-state index in [9.17, 15) is 22.0 Å². The third kappa shape index (κ3) is 6.29. The van der Waals surface area contributed by atoms with E-state index in [2.05, 4.69) is 23.8 Å². The maximum atomic E-state index is 13.9. The fourth-order valence-corrected chi connectivity index (χ4v) is 3.55. The van der Waals surface area contributed by atoms with Crippen LogP contribution in [0.2, 0.25) is 0 Å². The quantitative estimate of drug-likeness (QED) is 0.359. The molecular weight excluding hydrogens is 351 g/mol. The van der Waals surface area contributed by atoms with E-state index in [4.69, 9.17) is 0 Å². The summed E-state index contributed by atoms with van der Waals surface area (Å²) in [6.07, 6.45) is 7.19. The lowest BCUT2D eigenvalue weighted by molar-refractivity contribution is -0.276. The zero-order valence-electron chi connectivity index (χ0n) is 14.9. The SMILES string of the molecule is CCCC=CCCC1CCC(c2cc(F)c(OC(F)(F)F)c(F)c2)CC1. The van der Waals surface area contributed by atoms with Crippen LogP contribution in [0.15, 0.2) is 24.3 Å². The summed E-state index contributed by atoms with van der Waals surface area (Å²) in [6, 6.07) is 1.95. The summed E-state index contributed by atoms with van der Waals surface area (Å²) in [4.78, 5) is 0. The van der Waals surface area contributed by atoms with E-state index in [0.29, 0.717) is 11.5 Å². The monoisotopic (exact) mass is 376 g/mol. The minimum Gasteiger partial charge on any atom is -0.399 e. The lowest BCUT2D eigenvalue weighted by atomic mass is 9.77. The summed E-state index contributed by atoms with van der Waals surface area (Å²) < 4.78 is 67.8. The van der Waals surface area contributed by atoms with Crippen molar-refractivity contribution in [3.05, 3.63) is 41.5 Å². The molecule has 0 saturated heterocycles. The fourth-order valence-electron chi connectivity index (χ4n) is 3.55. The molecule has 0 atom stereocenters. The smallest absolute Gasteiger partial charge is 0.399 e. The second kappa shape index (κ2) is 9.38. The lowest BCUT2D eigenvalue weighted by Crippen LogP contribution is -2.19. The lowest BCUT2D eigenvalue weighted by Gasteiger charge is -2.29. The van der Waals surface area contributed by atoms with Gasteiger partial charge in [-0.15, -0.1) is 13.2 Å². The molecule has 0 unspecified atom stereocenters. The van der Waals surface area contributed by atoms with Gasteiger partial charge in [0.2, 0.25) is 5.75 Å². The van der Waals surface area contributed by atoms with E-state index < -0.39 is 23.7 Å². The maximum absolute atomic E-state index is 13.9. The first kappa shape index (κ1) is 20.7. The van der Waals surface area contributed by atoms with Crippen LogP contribution in [0.1, 0.15) is 69.8 Å². The average molecular weight is 376 g/mol. The molecule has 1 aliphatic carbocycles. The molecule has 1 nitrogen and oxygen atoms in total. The van der Waals surface area contributed by atoms with Crippen LogP contribution in [0, 0.1) is 17.6 Å². The summed E-state index contributed by atoms with van der Waals surface area (Å²) in [5.41, 5.74) is 0.413. The molecule has 0 spiro atoms. The molecule has 0 radical (unpaired) electrons. The van der Waals surface area contributed by atoms with Gasteiger partial charge in [-0.05, 0) is 74.5 Å². The zero-order valence-corrected chi connectivity index (χ0v) is 14.9. The Kier molecular flexibility index (Phi) is 7.47. The van der Waals surface area contributed by atoms with E-state index in [1.54, 1.807) is 0 Å². The first-order chi connectivity index (χ1) is 12.3. The summed E-state index contributed by atoms with van der Waals surface area (Å²) in [5, 5.41) is 0. The Morgan fingerprint density at radius 1 is 1.00 bits per heavy atom. The highest BCUT2D eigenvalue weighted by atomic mass is 19.4. The largest absolute Gasteiger partial charge is 0.573 e. The maximum Gasteiger partial charge on any atom is 0.573 e. The van der Waals surface area contributed by atoms with Gasteiger partial charge >= 0.3 is 6.36 Å². The minimum atomic E-state index is -5.12. The van der Waals surface area contributed by atoms with Crippen molar-refractivity contribution >= 4 is 0 Å². The van der Waals surface area contributed by atoms with E-state index in [1.807, 2.05) is 0 Å². The Morgan fingerprint density at radius 3 is 2.12 bits per heavy atom. The second-order valence-electron chi connectivity index (χ2n) is 6.92. The van der Waals surface area contributed by atoms with Crippen molar-refractivity contribution in [1.29, 1.82) is 0 Å². The number of ether oxygens (including phenoxy) is 1. The highest BCUT2D eigenvalue weighted by molar-refractivity contribution is 5.33. The molecule has 26 heavy (non-hydrogen) atoms. The van der Waals surface area contributed by atoms with Gasteiger partial charge in [0, 0.05) is 0 Å². The molecule has 0 aromatic heterocycles. The van der Waals surface area contributed by atoms with Crippen molar-refractivity contribution in [3.63, 3.8) is 0 Å². The molecule has 1 fully saturated rings. The zero-order chi connectivity index (χ0) is 19.2. The molecule has 1 aliphatic rings. The van der Waals surface area contributed by atoms with Crippen molar-refractivity contribution in [2.75, 3.05) is 0 Å². The van der Waals surface area contributed by atoms with Crippen molar-refractivity contribution in [2.24, 2.45) is 5.92 Å². The number of benzene rings is 1. The van der Waals surface area contributed by atoms with E-state index >= 15 is 0 Å². The Bertz CT molecular complexity index is 578. The van der Waals surface area contributed by atoms with Crippen LogP contribution < -0.4 is 4.74 Å². The fraction of sp³-hybridized carbons (Fsp3) is 0.600. The summed E-state index contributed by atoms with van der Waals surface area (Å²) in [5.74, 6) is -3.42. The van der Waals surface area contributed by atoms with Crippen molar-refractivity contribution in [3.8, 4) is 5.75 Å². The topological polar surface area (TPSA) is 9.23 Å². The van der Waals surface area contributed by atoms with Gasteiger partial charge in [-0.1, -0.05) is 25.5 Å². The van der Waals surface area contributed by atoms with Gasteiger partial charge in [0.25, 0.3) is 0 Å². The third-order valence-electron chi connectivity index (χ3n) is 4.92. The molecule has 1 aromatic rings. The van der Waals surface area contributed by atoms with E-state index in [0.717, 1.165) is 63.5 Å². The predicted molar refractivity (Wildman–Crippen MR) is 91.0 cm³/mol. The van der Waals surface area contributed by atoms with Crippen LogP contribution in [0.25, 0.3) is 0 Å². The van der Waals surface area contributed by atoms with Gasteiger partial charge in [-0.2, -0.15) is 0 Å². The number of allylic oxidation sites excluding steroid dienone is 2. The van der Waals surface area contributed by atoms with Crippen molar-refractivity contribution < 1.29 is 26.7 Å². The minimum absolute atomic E-state index is 0.0224. The number of hydrogen-bond donors (Lipinski definition) is 0. The standard InChI is InChI=1S/C20H25F5O/c1-2-3-4-5-6-7-14-8-10-15(11-9-14)16-12-17(21)19(18(22)13-16)26-20(23,24)25/h4-5,12-15H,2-3,6-11H2,1H3. The summed E-state index contributed by atoms with van der Waals surface area (Å²) in [7, 11) is 0. The van der Waals surface area contributed by atoms with E-state index in [1.165, 1.54) is 0 Å². The molecule has 146 valence electrons. The molecule has 0 amide bonds. The normalized spacial score (nSPS) is 21.3. The Labute approximate surface area is 151 Å². The van der Waals surface area contributed by atoms with Gasteiger partial charge in [0.1, 0.15) is 0 Å². The Balaban J connectivity index is 1.91. The Hall–Kier alpha value is -1.59. The second-order valence-corrected chi connectivity index (χ2v) is 6.92. The average Bonchev–Trinajstić information content (AvgIpc) is 2.57. The number of hydrogen-bond acceptors (Lipinski definition) is 1. The van der Waals surface area contributed by atoms with Crippen molar-refractivity contribution in [1.82, 2.24) is 0 Å². The summed E-state index contributed by atoms with van der Waals surface area (Å²) >= 11 is 0. The Morgan fingerprint density at radius 2 is 1.58 bits per heavy atom. The number of alkyl halides is 3. The molecule has 0 bridgehead atoms. The van der Waals surface area contributed by atoms with Crippen molar-refractivity contribution in [2.45, 2.75) is 70.6 Å². The number of rotatable bonds is 7. The van der Waals surface area contributed by atoms with Crippen LogP contribution in [-0.4, -0.2) is 6.36 Å². The van der Waals surface area contributed by atoms with Crippen LogP contribution >= 0.6 is 0 Å². The first-order valence-electron chi connectivity index (χ1n) is 9.19. The molecule has 0 N–H and O–H groups in total. The van der Waals surface area contributed by atoms with Crippen LogP contribution in [0.5, 0.6) is 5.75 Å². The molecule has 1 aromatic carbocycles. The van der Waals surface area contributed by atoms with E-state index in [-0.39, 0.29) is 5.92 Å².